The second kappa shape index (κ2) is 15.2. The summed E-state index contributed by atoms with van der Waals surface area (Å²) < 4.78 is 164. The summed E-state index contributed by atoms with van der Waals surface area (Å²) in [5.74, 6) is 0.201. The van der Waals surface area contributed by atoms with Crippen LogP contribution >= 0.6 is 0 Å². The van der Waals surface area contributed by atoms with Crippen LogP contribution in [0.1, 0.15) is 84.1 Å². The van der Waals surface area contributed by atoms with Gasteiger partial charge in [-0.2, -0.15) is 0 Å². The molecule has 8 rings (SSSR count). The molecule has 5 heteroatoms. The molecule has 0 radical (unpaired) electrons. The number of rotatable bonds is 6. The van der Waals surface area contributed by atoms with Crippen LogP contribution < -0.4 is 0 Å². The number of aromatic nitrogens is 3. The van der Waals surface area contributed by atoms with Crippen LogP contribution in [0, 0.1) is 12.9 Å². The van der Waals surface area contributed by atoms with Crippen molar-refractivity contribution in [2.45, 2.75) is 59.0 Å². The van der Waals surface area contributed by atoms with Gasteiger partial charge in [-0.15, -0.1) is 29.3 Å². The molecule has 8 aromatic rings. The smallest absolute Gasteiger partial charge is 0.148 e. The van der Waals surface area contributed by atoms with E-state index in [1.807, 2.05) is 67.8 Å². The largest absolute Gasteiger partial charge is 0.507 e. The van der Waals surface area contributed by atoms with Crippen LogP contribution in [0.4, 0.5) is 0 Å². The molecule has 0 saturated heterocycles. The number of aryl methyl sites for hydroxylation is 1. The van der Waals surface area contributed by atoms with Crippen molar-refractivity contribution >= 4 is 11.0 Å². The van der Waals surface area contributed by atoms with Crippen molar-refractivity contribution in [2.75, 3.05) is 0 Å². The zero-order valence-corrected chi connectivity index (χ0v) is 32.7. The summed E-state index contributed by atoms with van der Waals surface area (Å²) in [6.07, 6.45) is -0.781. The van der Waals surface area contributed by atoms with Gasteiger partial charge in [0.2, 0.25) is 0 Å². The van der Waals surface area contributed by atoms with Crippen molar-refractivity contribution in [3.8, 4) is 67.5 Å². The van der Waals surface area contributed by atoms with E-state index >= 15 is 0 Å². The number of nitrogens with zero attached hydrogens (tertiary/aromatic N) is 3. The Kier molecular flexibility index (Phi) is 5.86. The predicted octanol–water partition coefficient (Wildman–Crippen LogP) is 13.2. The van der Waals surface area contributed by atoms with Gasteiger partial charge in [0.25, 0.3) is 0 Å². The van der Waals surface area contributed by atoms with Gasteiger partial charge in [0, 0.05) is 54.9 Å². The summed E-state index contributed by atoms with van der Waals surface area (Å²) in [5, 5.41) is 11.4. The minimum absolute atomic E-state index is 0. The summed E-state index contributed by atoms with van der Waals surface area (Å²) in [4.78, 5) is 9.49. The third-order valence-corrected chi connectivity index (χ3v) is 9.27. The Morgan fingerprint density at radius 1 is 0.679 bits per heavy atom. The molecule has 0 aliphatic heterocycles. The number of pyridine rings is 1. The van der Waals surface area contributed by atoms with Gasteiger partial charge in [0.05, 0.1) is 31.9 Å². The van der Waals surface area contributed by atoms with Crippen LogP contribution in [-0.2, 0) is 31.9 Å². The first-order valence-corrected chi connectivity index (χ1v) is 17.4. The molecule has 0 atom stereocenters. The van der Waals surface area contributed by atoms with Gasteiger partial charge in [-0.3, -0.25) is 9.55 Å². The average Bonchev–Trinajstić information content (AvgIpc) is 3.69. The van der Waals surface area contributed by atoms with Crippen LogP contribution in [0.2, 0.25) is 0 Å². The number of para-hydroxylation sites is 2. The zero-order chi connectivity index (χ0) is 54.6. The standard InChI is InChI=1S/C51H46N3O.Pt/c1-33-20-25-45(43(28-33)35-14-9-8-10-15-35)54-46-18-13-17-41(48(46)53-49(54)42-16-11-12-19-47(42)55)37-29-38(31-40(30-37)51(5,6)7)44-32-36(26-27-52-44)34-21-23-39(24-22-34)50(2,3)4;/h8-28,30-32,55H,1-7H3;/q-1;/i1D3,2D3,3D3,4D3,21D,22D,23D,24D,26D,27D,32D;. The molecule has 0 fully saturated rings. The van der Waals surface area contributed by atoms with E-state index in [9.17, 15) is 6.48 Å². The van der Waals surface area contributed by atoms with Crippen molar-refractivity contribution in [2.24, 2.45) is 0 Å². The Labute approximate surface area is 371 Å². The molecular formula is C51H46N3OPt-. The Balaban J connectivity index is 0.00000820. The average molecular weight is 931 g/mol. The van der Waals surface area contributed by atoms with Crippen LogP contribution in [-0.4, -0.2) is 19.6 Å². The first kappa shape index (κ1) is 21.7. The van der Waals surface area contributed by atoms with Crippen molar-refractivity contribution in [1.29, 1.82) is 0 Å². The summed E-state index contributed by atoms with van der Waals surface area (Å²) in [6.45, 7) is -8.50. The molecule has 0 unspecified atom stereocenters. The second-order valence-electron chi connectivity index (χ2n) is 14.2. The van der Waals surface area contributed by atoms with E-state index in [0.29, 0.717) is 55.9 Å². The van der Waals surface area contributed by atoms with Crippen LogP contribution in [0.5, 0.6) is 5.75 Å². The fourth-order valence-corrected chi connectivity index (χ4v) is 6.45. The normalized spacial score (nSPS) is 17.6. The van der Waals surface area contributed by atoms with Gasteiger partial charge < -0.3 is 5.11 Å². The fraction of sp³-hybridized carbons (Fsp3) is 0.176. The van der Waals surface area contributed by atoms with Crippen LogP contribution in [0.3, 0.4) is 0 Å². The molecule has 282 valence electrons. The molecule has 2 heterocycles. The van der Waals surface area contributed by atoms with Gasteiger partial charge in [-0.05, 0) is 76.3 Å². The third-order valence-electron chi connectivity index (χ3n) is 9.27. The van der Waals surface area contributed by atoms with Crippen molar-refractivity contribution in [1.82, 2.24) is 14.5 Å². The van der Waals surface area contributed by atoms with Gasteiger partial charge in [-0.25, -0.2) is 4.98 Å². The summed E-state index contributed by atoms with van der Waals surface area (Å²) in [7, 11) is 0. The molecule has 0 amide bonds. The summed E-state index contributed by atoms with van der Waals surface area (Å²) in [5.41, 5.74) is -2.97. The third kappa shape index (κ3) is 7.51. The van der Waals surface area contributed by atoms with Gasteiger partial charge in [-0.1, -0.05) is 149 Å². The van der Waals surface area contributed by atoms with E-state index in [4.69, 9.17) is 29.7 Å². The number of hydrogen-bond donors (Lipinski definition) is 1. The molecule has 4 nitrogen and oxygen atoms in total. The minimum Gasteiger partial charge on any atom is -0.507 e. The zero-order valence-electron chi connectivity index (χ0n) is 49.4. The van der Waals surface area contributed by atoms with E-state index in [2.05, 4.69) is 11.1 Å². The monoisotopic (exact) mass is 930 g/mol. The number of phenols is 1. The second-order valence-corrected chi connectivity index (χ2v) is 14.2. The van der Waals surface area contributed by atoms with Crippen LogP contribution in [0.25, 0.3) is 72.7 Å². The van der Waals surface area contributed by atoms with Crippen molar-refractivity contribution in [3.05, 3.63) is 168 Å². The predicted molar refractivity (Wildman–Crippen MR) is 229 cm³/mol. The molecule has 6 aromatic carbocycles. The Hall–Kier alpha value is -5.57. The number of aromatic hydroxyl groups is 1. The van der Waals surface area contributed by atoms with E-state index in [0.717, 1.165) is 0 Å². The maximum atomic E-state index is 11.4. The molecule has 0 saturated carbocycles. The molecule has 0 spiro atoms. The van der Waals surface area contributed by atoms with E-state index < -0.39 is 97.4 Å². The topological polar surface area (TPSA) is 50.9 Å². The van der Waals surface area contributed by atoms with Crippen molar-refractivity contribution < 1.29 is 52.2 Å². The van der Waals surface area contributed by atoms with Gasteiger partial charge in [0.1, 0.15) is 11.6 Å². The number of phenolic OH excluding ortho intramolecular Hbond substituents is 1. The number of benzene rings is 6. The maximum absolute atomic E-state index is 11.4. The van der Waals surface area contributed by atoms with Gasteiger partial charge >= 0.3 is 0 Å². The minimum atomic E-state index is -3.94. The molecule has 0 aliphatic rings. The Bertz CT molecular complexity index is 3470. The number of fused-ring (bicyclic) bond motifs is 1. The summed E-state index contributed by atoms with van der Waals surface area (Å²) >= 11 is 0. The fourth-order valence-electron chi connectivity index (χ4n) is 6.45. The van der Waals surface area contributed by atoms with Crippen LogP contribution in [0.15, 0.2) is 146 Å². The molecule has 0 bridgehead atoms. The van der Waals surface area contributed by atoms with E-state index in [1.165, 1.54) is 12.1 Å². The SMILES string of the molecule is [2H]c1nc(-c2[c-]c(-c3cccc4c3nc(-c3ccccc3O)n4-c3ccc(C([2H])([2H])[2H])cc3-c3ccccc3)cc(C(C)(C)C)c2)c([2H])c(-c2c([2H])c([2H])c(C(C([2H])([2H])[2H])(C([2H])([2H])[2H])C([2H])([2H])[2H])c([2H])c2[2H])c1[2H].[Pt]. The number of imidazole rings is 1. The Morgan fingerprint density at radius 2 is 1.41 bits per heavy atom. The molecule has 56 heavy (non-hydrogen) atoms. The molecular weight excluding hydrogens is 866 g/mol. The Morgan fingerprint density at radius 3 is 2.14 bits per heavy atom. The molecule has 1 N–H and O–H groups in total. The first-order chi connectivity index (χ1) is 34.2. The molecule has 2 aromatic heterocycles. The summed E-state index contributed by atoms with van der Waals surface area (Å²) in [6, 6.07) is 26.3. The van der Waals surface area contributed by atoms with Crippen molar-refractivity contribution in [3.63, 3.8) is 0 Å². The maximum Gasteiger partial charge on any atom is 0.148 e. The first-order valence-electron chi connectivity index (χ1n) is 26.9. The van der Waals surface area contributed by atoms with E-state index in [-0.39, 0.29) is 43.6 Å². The van der Waals surface area contributed by atoms with Gasteiger partial charge in [0.15, 0.2) is 0 Å². The number of hydrogen-bond acceptors (Lipinski definition) is 3. The quantitative estimate of drug-likeness (QED) is 0.169. The molecule has 0 aliphatic carbocycles. The van der Waals surface area contributed by atoms with E-state index in [1.54, 1.807) is 48.5 Å².